The van der Waals surface area contributed by atoms with Crippen LogP contribution in [-0.4, -0.2) is 37.9 Å². The first-order chi connectivity index (χ1) is 30.6. The number of hydrogen-bond acceptors (Lipinski definition) is 5. The zero-order valence-electron chi connectivity index (χ0n) is 39.3. The topological polar surface area (TPSA) is 61.8 Å². The van der Waals surface area contributed by atoms with Gasteiger partial charge in [0.15, 0.2) is 6.10 Å². The lowest BCUT2D eigenvalue weighted by atomic mass is 10.1. The molecule has 1 atom stereocenters. The Balaban J connectivity index is 4.52. The van der Waals surface area contributed by atoms with Crippen molar-refractivity contribution in [2.75, 3.05) is 19.8 Å². The molecule has 5 heteroatoms. The minimum absolute atomic E-state index is 0.00540. The average Bonchev–Trinajstić information content (AvgIpc) is 3.27. The zero-order valence-corrected chi connectivity index (χ0v) is 39.3. The minimum Gasteiger partial charge on any atom is -0.462 e. The second kappa shape index (κ2) is 50.9. The standard InChI is InChI=1S/C57H86O5/c1-4-7-10-13-16-19-22-25-27-28-29-30-31-33-35-38-41-44-47-50-56(58)61-54-55(53-60-52-49-46-43-40-37-34-26-23-20-17-14-11-8-5-2)62-57(59)51-48-45-42-39-36-32-24-21-18-15-12-9-6-3/h7-12,16-21,25-27,29-30,32-36,40,42-43,45,55H,4-6,13-15,22-24,28,31,37-39,41,44,46-54H2,1-3H3/b10-7-,11-8-,12-9-,19-16-,20-17-,21-18-,27-25-,30-29-,34-26-,35-33-,36-32-,43-40-,45-42-. The molecule has 0 aromatic heterocycles. The number of carbonyl (C=O) groups excluding carboxylic acids is 2. The molecule has 0 aliphatic rings. The number of esters is 2. The Morgan fingerprint density at radius 3 is 1.11 bits per heavy atom. The fraction of sp³-hybridized carbons (Fsp3) is 0.509. The van der Waals surface area contributed by atoms with Crippen LogP contribution < -0.4 is 0 Å². The Bertz CT molecular complexity index is 1420. The number of carbonyl (C=O) groups is 2. The van der Waals surface area contributed by atoms with Crippen LogP contribution in [0.15, 0.2) is 158 Å². The van der Waals surface area contributed by atoms with Crippen LogP contribution in [-0.2, 0) is 23.8 Å². The Hall–Kier alpha value is -4.48. The predicted octanol–water partition coefficient (Wildman–Crippen LogP) is 16.3. The second-order valence-electron chi connectivity index (χ2n) is 14.9. The quantitative estimate of drug-likeness (QED) is 0.0348. The van der Waals surface area contributed by atoms with E-state index in [0.717, 1.165) is 122 Å². The van der Waals surface area contributed by atoms with E-state index < -0.39 is 6.10 Å². The average molecular weight is 851 g/mol. The fourth-order valence-electron chi connectivity index (χ4n) is 5.61. The summed E-state index contributed by atoms with van der Waals surface area (Å²) in [5.74, 6) is -0.577. The van der Waals surface area contributed by atoms with E-state index in [1.807, 2.05) is 6.08 Å². The van der Waals surface area contributed by atoms with Gasteiger partial charge in [-0.25, -0.2) is 0 Å². The van der Waals surface area contributed by atoms with E-state index in [9.17, 15) is 9.59 Å². The largest absolute Gasteiger partial charge is 0.462 e. The van der Waals surface area contributed by atoms with Crippen molar-refractivity contribution in [3.63, 3.8) is 0 Å². The van der Waals surface area contributed by atoms with Gasteiger partial charge < -0.3 is 14.2 Å². The van der Waals surface area contributed by atoms with Crippen molar-refractivity contribution in [3.8, 4) is 0 Å². The first-order valence-corrected chi connectivity index (χ1v) is 24.0. The molecule has 0 spiro atoms. The molecule has 0 aliphatic carbocycles. The van der Waals surface area contributed by atoms with Gasteiger partial charge in [0.2, 0.25) is 0 Å². The van der Waals surface area contributed by atoms with Gasteiger partial charge in [0.25, 0.3) is 0 Å². The normalized spacial score (nSPS) is 13.7. The summed E-state index contributed by atoms with van der Waals surface area (Å²) in [6.07, 6.45) is 75.6. The molecule has 0 fully saturated rings. The van der Waals surface area contributed by atoms with E-state index in [2.05, 4.69) is 173 Å². The van der Waals surface area contributed by atoms with Crippen molar-refractivity contribution < 1.29 is 23.8 Å². The van der Waals surface area contributed by atoms with Gasteiger partial charge in [-0.15, -0.1) is 0 Å². The number of ether oxygens (including phenoxy) is 3. The number of unbranched alkanes of at least 4 members (excludes halogenated alkanes) is 4. The van der Waals surface area contributed by atoms with Crippen LogP contribution >= 0.6 is 0 Å². The Kier molecular flexibility index (Phi) is 47.2. The Morgan fingerprint density at radius 1 is 0.355 bits per heavy atom. The molecule has 0 saturated heterocycles. The maximum atomic E-state index is 12.7. The summed E-state index contributed by atoms with van der Waals surface area (Å²) >= 11 is 0. The third-order valence-electron chi connectivity index (χ3n) is 9.05. The summed E-state index contributed by atoms with van der Waals surface area (Å²) in [5, 5.41) is 0. The highest BCUT2D eigenvalue weighted by molar-refractivity contribution is 5.70. The van der Waals surface area contributed by atoms with Crippen molar-refractivity contribution >= 4 is 11.9 Å². The number of hydrogen-bond donors (Lipinski definition) is 0. The molecular weight excluding hydrogens is 765 g/mol. The summed E-state index contributed by atoms with van der Waals surface area (Å²) in [7, 11) is 0. The van der Waals surface area contributed by atoms with Crippen molar-refractivity contribution in [1.82, 2.24) is 0 Å². The van der Waals surface area contributed by atoms with Crippen LogP contribution in [0.5, 0.6) is 0 Å². The molecule has 0 radical (unpaired) electrons. The van der Waals surface area contributed by atoms with Crippen molar-refractivity contribution in [3.05, 3.63) is 158 Å². The maximum absolute atomic E-state index is 12.7. The van der Waals surface area contributed by atoms with Gasteiger partial charge in [0.05, 0.1) is 6.61 Å². The molecular formula is C57H86O5. The fourth-order valence-corrected chi connectivity index (χ4v) is 5.61. The summed E-state index contributed by atoms with van der Waals surface area (Å²) in [6.45, 7) is 7.19. The molecule has 1 unspecified atom stereocenters. The van der Waals surface area contributed by atoms with Crippen LogP contribution in [0, 0.1) is 0 Å². The van der Waals surface area contributed by atoms with Crippen LogP contribution in [0.4, 0.5) is 0 Å². The summed E-state index contributed by atoms with van der Waals surface area (Å²) < 4.78 is 17.2. The summed E-state index contributed by atoms with van der Waals surface area (Å²) in [5.41, 5.74) is 0. The van der Waals surface area contributed by atoms with Crippen molar-refractivity contribution in [2.24, 2.45) is 0 Å². The van der Waals surface area contributed by atoms with Crippen LogP contribution in [0.25, 0.3) is 0 Å². The van der Waals surface area contributed by atoms with E-state index in [0.29, 0.717) is 19.4 Å². The third-order valence-corrected chi connectivity index (χ3v) is 9.05. The molecule has 0 saturated carbocycles. The molecule has 0 aliphatic heterocycles. The first kappa shape index (κ1) is 57.5. The van der Waals surface area contributed by atoms with E-state index in [1.165, 1.54) is 0 Å². The van der Waals surface area contributed by atoms with Gasteiger partial charge in [-0.2, -0.15) is 0 Å². The molecule has 62 heavy (non-hydrogen) atoms. The highest BCUT2D eigenvalue weighted by atomic mass is 16.6. The summed E-state index contributed by atoms with van der Waals surface area (Å²) in [6, 6.07) is 0. The smallest absolute Gasteiger partial charge is 0.306 e. The first-order valence-electron chi connectivity index (χ1n) is 24.0. The molecule has 0 aromatic rings. The maximum Gasteiger partial charge on any atom is 0.306 e. The molecule has 0 bridgehead atoms. The monoisotopic (exact) mass is 851 g/mol. The van der Waals surface area contributed by atoms with Crippen LogP contribution in [0.3, 0.4) is 0 Å². The van der Waals surface area contributed by atoms with Crippen LogP contribution in [0.2, 0.25) is 0 Å². The van der Waals surface area contributed by atoms with E-state index in [4.69, 9.17) is 14.2 Å². The number of allylic oxidation sites excluding steroid dienone is 26. The Labute approximate surface area is 380 Å². The minimum atomic E-state index is -0.628. The second-order valence-corrected chi connectivity index (χ2v) is 14.9. The van der Waals surface area contributed by atoms with Gasteiger partial charge in [-0.1, -0.05) is 185 Å². The van der Waals surface area contributed by atoms with Gasteiger partial charge in [-0.3, -0.25) is 9.59 Å². The van der Waals surface area contributed by atoms with E-state index in [1.54, 1.807) is 0 Å². The predicted molar refractivity (Wildman–Crippen MR) is 269 cm³/mol. The van der Waals surface area contributed by atoms with Gasteiger partial charge in [-0.05, 0) is 122 Å². The van der Waals surface area contributed by atoms with Gasteiger partial charge in [0.1, 0.15) is 6.61 Å². The molecule has 344 valence electrons. The molecule has 0 amide bonds. The molecule has 0 rings (SSSR count). The van der Waals surface area contributed by atoms with Gasteiger partial charge in [0, 0.05) is 19.4 Å². The highest BCUT2D eigenvalue weighted by Gasteiger charge is 2.17. The lowest BCUT2D eigenvalue weighted by Gasteiger charge is -2.18. The lowest BCUT2D eigenvalue weighted by molar-refractivity contribution is -0.162. The SMILES string of the molecule is CC/C=C\C/C=C\C/C=C\C/C=C\C/C=C\CCCCCC(=O)OCC(COCCC/C=C\C/C=C\C/C=C\C/C=C\CC)OC(=O)CC/C=C\C/C=C\C/C=C\C/C=C\CC. The molecule has 5 nitrogen and oxygen atoms in total. The molecule has 0 heterocycles. The van der Waals surface area contributed by atoms with Crippen LogP contribution in [0.1, 0.15) is 162 Å². The van der Waals surface area contributed by atoms with E-state index >= 15 is 0 Å². The zero-order chi connectivity index (χ0) is 44.9. The van der Waals surface area contributed by atoms with Crippen molar-refractivity contribution in [1.29, 1.82) is 0 Å². The Morgan fingerprint density at radius 2 is 0.710 bits per heavy atom. The molecule has 0 aromatic carbocycles. The summed E-state index contributed by atoms with van der Waals surface area (Å²) in [4.78, 5) is 25.3. The van der Waals surface area contributed by atoms with Crippen molar-refractivity contribution in [2.45, 2.75) is 168 Å². The molecule has 0 N–H and O–H groups in total. The third kappa shape index (κ3) is 48.2. The highest BCUT2D eigenvalue weighted by Crippen LogP contribution is 2.08. The van der Waals surface area contributed by atoms with Gasteiger partial charge >= 0.3 is 11.9 Å². The number of rotatable bonds is 41. The van der Waals surface area contributed by atoms with E-state index in [-0.39, 0.29) is 31.6 Å². The lowest BCUT2D eigenvalue weighted by Crippen LogP contribution is -2.30.